The summed E-state index contributed by atoms with van der Waals surface area (Å²) < 4.78 is 5.45. The third-order valence-corrected chi connectivity index (χ3v) is 2.47. The number of rotatable bonds is 7. The maximum Gasteiger partial charge on any atom is 0.224 e. The molecule has 0 spiro atoms. The van der Waals surface area contributed by atoms with Crippen molar-refractivity contribution < 1.29 is 19.4 Å². The summed E-state index contributed by atoms with van der Waals surface area (Å²) in [7, 11) is 0. The fraction of sp³-hybridized carbons (Fsp3) is 0.267. The van der Waals surface area contributed by atoms with Crippen LogP contribution in [0.5, 0.6) is 5.75 Å². The van der Waals surface area contributed by atoms with E-state index in [-0.39, 0.29) is 5.76 Å². The van der Waals surface area contributed by atoms with E-state index in [2.05, 4.69) is 0 Å². The number of ketones is 2. The Kier molecular flexibility index (Phi) is 5.98. The Bertz CT molecular complexity index is 569. The molecule has 0 aliphatic rings. The van der Waals surface area contributed by atoms with Crippen molar-refractivity contribution in [2.24, 2.45) is 0 Å². The molecule has 1 N–H and O–H groups in total. The highest BCUT2D eigenvalue weighted by Gasteiger charge is 2.11. The number of unbranched alkanes of at least 4 members (excludes halogenated alkanes) is 1. The molecule has 0 bridgehead atoms. The van der Waals surface area contributed by atoms with E-state index in [0.717, 1.165) is 13.0 Å². The number of benzene rings is 1. The Morgan fingerprint density at radius 3 is 2.75 bits per heavy atom. The van der Waals surface area contributed by atoms with E-state index in [0.29, 0.717) is 30.8 Å². The second kappa shape index (κ2) is 7.74. The van der Waals surface area contributed by atoms with Crippen LogP contribution in [-0.4, -0.2) is 23.3 Å². The minimum atomic E-state index is -0.776. The summed E-state index contributed by atoms with van der Waals surface area (Å²) in [5, 5.41) is 18.3. The van der Waals surface area contributed by atoms with Crippen LogP contribution < -0.4 is 4.74 Å². The molecule has 0 saturated carbocycles. The Labute approximate surface area is 117 Å². The van der Waals surface area contributed by atoms with Gasteiger partial charge in [-0.25, -0.2) is 0 Å². The summed E-state index contributed by atoms with van der Waals surface area (Å²) in [6, 6.07) is 8.64. The van der Waals surface area contributed by atoms with Crippen molar-refractivity contribution in [1.29, 1.82) is 5.26 Å². The van der Waals surface area contributed by atoms with Gasteiger partial charge in [0.2, 0.25) is 5.78 Å². The van der Waals surface area contributed by atoms with Crippen molar-refractivity contribution in [2.45, 2.75) is 19.8 Å². The standard InChI is InChI=1S/C15H15NO4/c1-11(17)13(18)10-14(19)12-6-2-3-7-15(12)20-9-5-4-8-16/h2-3,6-7,10,19H,4-5,9H2,1H3/b14-10-. The molecule has 0 amide bonds. The van der Waals surface area contributed by atoms with Crippen LogP contribution in [0.4, 0.5) is 0 Å². The average molecular weight is 273 g/mol. The highest BCUT2D eigenvalue weighted by atomic mass is 16.5. The van der Waals surface area contributed by atoms with Gasteiger partial charge < -0.3 is 9.84 Å². The fourth-order valence-electron chi connectivity index (χ4n) is 1.44. The number of nitriles is 1. The molecule has 104 valence electrons. The second-order valence-electron chi connectivity index (χ2n) is 4.06. The van der Waals surface area contributed by atoms with Crippen molar-refractivity contribution in [3.8, 4) is 11.8 Å². The first-order chi connectivity index (χ1) is 9.56. The lowest BCUT2D eigenvalue weighted by atomic mass is 10.1. The van der Waals surface area contributed by atoms with Gasteiger partial charge >= 0.3 is 0 Å². The minimum absolute atomic E-state index is 0.318. The molecule has 0 aliphatic carbocycles. The van der Waals surface area contributed by atoms with E-state index in [1.165, 1.54) is 0 Å². The molecule has 1 rings (SSSR count). The molecule has 0 radical (unpaired) electrons. The lowest BCUT2D eigenvalue weighted by Gasteiger charge is -2.10. The van der Waals surface area contributed by atoms with Crippen LogP contribution in [0.3, 0.4) is 0 Å². The molecule has 0 heterocycles. The molecule has 5 heteroatoms. The summed E-state index contributed by atoms with van der Waals surface area (Å²) in [6.45, 7) is 1.47. The van der Waals surface area contributed by atoms with E-state index in [4.69, 9.17) is 10.00 Å². The van der Waals surface area contributed by atoms with E-state index in [1.54, 1.807) is 24.3 Å². The van der Waals surface area contributed by atoms with Gasteiger partial charge in [0.15, 0.2) is 5.78 Å². The number of carbonyl (C=O) groups is 2. The molecule has 0 fully saturated rings. The maximum atomic E-state index is 11.3. The number of aliphatic hydroxyl groups is 1. The minimum Gasteiger partial charge on any atom is -0.507 e. The van der Waals surface area contributed by atoms with Crippen LogP contribution in [0, 0.1) is 11.3 Å². The molecule has 0 saturated heterocycles. The highest BCUT2D eigenvalue weighted by Crippen LogP contribution is 2.24. The SMILES string of the molecule is CC(=O)C(=O)/C=C(\O)c1ccccc1OCCCC#N. The van der Waals surface area contributed by atoms with Crippen LogP contribution in [0.25, 0.3) is 5.76 Å². The molecular formula is C15H15NO4. The number of hydrogen-bond acceptors (Lipinski definition) is 5. The Balaban J connectivity index is 2.87. The quantitative estimate of drug-likeness (QED) is 0.357. The van der Waals surface area contributed by atoms with Crippen LogP contribution in [0.1, 0.15) is 25.3 Å². The van der Waals surface area contributed by atoms with Gasteiger partial charge in [0.1, 0.15) is 11.5 Å². The number of ether oxygens (including phenoxy) is 1. The van der Waals surface area contributed by atoms with E-state index in [9.17, 15) is 14.7 Å². The zero-order chi connectivity index (χ0) is 15.0. The second-order valence-corrected chi connectivity index (χ2v) is 4.06. The zero-order valence-electron chi connectivity index (χ0n) is 11.1. The molecule has 0 aromatic heterocycles. The number of carbonyl (C=O) groups excluding carboxylic acids is 2. The highest BCUT2D eigenvalue weighted by molar-refractivity contribution is 6.41. The van der Waals surface area contributed by atoms with Crippen molar-refractivity contribution >= 4 is 17.3 Å². The first-order valence-corrected chi connectivity index (χ1v) is 6.11. The van der Waals surface area contributed by atoms with Gasteiger partial charge in [-0.3, -0.25) is 9.59 Å². The lowest BCUT2D eigenvalue weighted by Crippen LogP contribution is -2.07. The van der Waals surface area contributed by atoms with Crippen molar-refractivity contribution in [1.82, 2.24) is 0 Å². The molecule has 5 nitrogen and oxygen atoms in total. The van der Waals surface area contributed by atoms with Gasteiger partial charge in [0.05, 0.1) is 18.2 Å². The summed E-state index contributed by atoms with van der Waals surface area (Å²) >= 11 is 0. The number of para-hydroxylation sites is 1. The van der Waals surface area contributed by atoms with E-state index >= 15 is 0 Å². The van der Waals surface area contributed by atoms with Gasteiger partial charge in [-0.1, -0.05) is 12.1 Å². The number of nitrogens with zero attached hydrogens (tertiary/aromatic N) is 1. The summed E-state index contributed by atoms with van der Waals surface area (Å²) in [6.07, 6.45) is 1.83. The lowest BCUT2D eigenvalue weighted by molar-refractivity contribution is -0.132. The molecule has 20 heavy (non-hydrogen) atoms. The van der Waals surface area contributed by atoms with Crippen LogP contribution in [0.15, 0.2) is 30.3 Å². The first-order valence-electron chi connectivity index (χ1n) is 6.11. The van der Waals surface area contributed by atoms with Gasteiger partial charge in [0.25, 0.3) is 0 Å². The normalized spacial score (nSPS) is 10.7. The summed E-state index contributed by atoms with van der Waals surface area (Å²) in [5.74, 6) is -1.35. The molecule has 0 atom stereocenters. The van der Waals surface area contributed by atoms with Gasteiger partial charge in [-0.2, -0.15) is 5.26 Å². The number of aliphatic hydroxyl groups excluding tert-OH is 1. The van der Waals surface area contributed by atoms with Crippen LogP contribution >= 0.6 is 0 Å². The Hall–Kier alpha value is -2.61. The van der Waals surface area contributed by atoms with Crippen molar-refractivity contribution in [2.75, 3.05) is 6.61 Å². The summed E-state index contributed by atoms with van der Waals surface area (Å²) in [4.78, 5) is 22.1. The van der Waals surface area contributed by atoms with Crippen LogP contribution in [0.2, 0.25) is 0 Å². The third kappa shape index (κ3) is 4.58. The average Bonchev–Trinajstić information content (AvgIpc) is 2.43. The van der Waals surface area contributed by atoms with Crippen molar-refractivity contribution in [3.63, 3.8) is 0 Å². The predicted molar refractivity (Wildman–Crippen MR) is 73.1 cm³/mol. The zero-order valence-corrected chi connectivity index (χ0v) is 11.1. The first kappa shape index (κ1) is 15.4. The van der Waals surface area contributed by atoms with E-state index in [1.807, 2.05) is 6.07 Å². The number of Topliss-reactive ketones (excluding diaryl/α,β-unsaturated/α-hetero) is 1. The number of allylic oxidation sites excluding steroid dienone is 1. The largest absolute Gasteiger partial charge is 0.507 e. The maximum absolute atomic E-state index is 11.3. The smallest absolute Gasteiger partial charge is 0.224 e. The van der Waals surface area contributed by atoms with Gasteiger partial charge in [0, 0.05) is 19.4 Å². The topological polar surface area (TPSA) is 87.4 Å². The Morgan fingerprint density at radius 2 is 2.10 bits per heavy atom. The van der Waals surface area contributed by atoms with Crippen LogP contribution in [-0.2, 0) is 9.59 Å². The third-order valence-electron chi connectivity index (χ3n) is 2.47. The fourth-order valence-corrected chi connectivity index (χ4v) is 1.44. The van der Waals surface area contributed by atoms with Crippen molar-refractivity contribution in [3.05, 3.63) is 35.9 Å². The molecule has 0 unspecified atom stereocenters. The Morgan fingerprint density at radius 1 is 1.40 bits per heavy atom. The number of hydrogen-bond donors (Lipinski definition) is 1. The predicted octanol–water partition coefficient (Wildman–Crippen LogP) is 2.43. The van der Waals surface area contributed by atoms with E-state index < -0.39 is 11.6 Å². The summed E-state index contributed by atoms with van der Waals surface area (Å²) in [5.41, 5.74) is 0.332. The molecule has 0 aliphatic heterocycles. The van der Waals surface area contributed by atoms with Gasteiger partial charge in [-0.05, 0) is 18.6 Å². The molecule has 1 aromatic carbocycles. The molecular weight excluding hydrogens is 258 g/mol. The monoisotopic (exact) mass is 273 g/mol. The van der Waals surface area contributed by atoms with Gasteiger partial charge in [-0.15, -0.1) is 0 Å². The molecule has 1 aromatic rings.